The van der Waals surface area contributed by atoms with Gasteiger partial charge >= 0.3 is 0 Å². The van der Waals surface area contributed by atoms with E-state index in [1.165, 1.54) is 0 Å². The Morgan fingerprint density at radius 2 is 2.00 bits per heavy atom. The summed E-state index contributed by atoms with van der Waals surface area (Å²) in [6.45, 7) is 6.25. The molecule has 0 aliphatic carbocycles. The molecule has 10 heteroatoms. The SMILES string of the molecule is CN=CC(=CN)c1ccc(CNc2cc(-c3cnc4cc(OCCN5CC6(COC6)C5)ccn34)ncn2)cc1. The fraction of sp³-hybridized carbons (Fsp3) is 0.310. The molecule has 0 radical (unpaired) electrons. The summed E-state index contributed by atoms with van der Waals surface area (Å²) >= 11 is 0. The molecule has 0 unspecified atom stereocenters. The Hall–Kier alpha value is -4.28. The molecule has 0 amide bonds. The summed E-state index contributed by atoms with van der Waals surface area (Å²) < 4.78 is 13.4. The van der Waals surface area contributed by atoms with Crippen LogP contribution in [0.4, 0.5) is 5.82 Å². The number of fused-ring (bicyclic) bond motifs is 1. The van der Waals surface area contributed by atoms with Crippen LogP contribution in [0.2, 0.25) is 0 Å². The third-order valence-electron chi connectivity index (χ3n) is 7.23. The summed E-state index contributed by atoms with van der Waals surface area (Å²) in [7, 11) is 1.73. The minimum atomic E-state index is 0.434. The lowest BCUT2D eigenvalue weighted by Gasteiger charge is -2.55. The number of pyridine rings is 1. The number of likely N-dealkylation sites (tertiary alicyclic amines) is 1. The first-order valence-corrected chi connectivity index (χ1v) is 13.0. The lowest BCUT2D eigenvalue weighted by Crippen LogP contribution is -2.66. The first-order valence-electron chi connectivity index (χ1n) is 13.0. The summed E-state index contributed by atoms with van der Waals surface area (Å²) in [6.07, 6.45) is 8.67. The van der Waals surface area contributed by atoms with Crippen LogP contribution in [0, 0.1) is 5.41 Å². The quantitative estimate of drug-likeness (QED) is 0.304. The summed E-state index contributed by atoms with van der Waals surface area (Å²) in [4.78, 5) is 19.9. The Bertz CT molecular complexity index is 1500. The molecule has 4 aromatic rings. The molecule has 3 aromatic heterocycles. The molecule has 1 spiro atoms. The lowest BCUT2D eigenvalue weighted by atomic mass is 9.78. The molecule has 0 bridgehead atoms. The second kappa shape index (κ2) is 10.8. The van der Waals surface area contributed by atoms with Gasteiger partial charge in [-0.1, -0.05) is 24.3 Å². The summed E-state index contributed by atoms with van der Waals surface area (Å²) in [5.74, 6) is 1.55. The number of ether oxygens (including phenoxy) is 2. The first kappa shape index (κ1) is 25.0. The van der Waals surface area contributed by atoms with E-state index in [9.17, 15) is 0 Å². The number of nitrogens with two attached hydrogens (primary N) is 1. The number of imidazole rings is 1. The van der Waals surface area contributed by atoms with Crippen LogP contribution in [0.15, 0.2) is 72.4 Å². The normalized spacial score (nSPS) is 16.9. The number of anilines is 1. The minimum Gasteiger partial charge on any atom is -0.492 e. The van der Waals surface area contributed by atoms with E-state index in [1.807, 2.05) is 47.1 Å². The van der Waals surface area contributed by atoms with Crippen LogP contribution in [0.3, 0.4) is 0 Å². The van der Waals surface area contributed by atoms with Crippen LogP contribution < -0.4 is 15.8 Å². The highest BCUT2D eigenvalue weighted by Gasteiger charge is 2.48. The van der Waals surface area contributed by atoms with E-state index in [-0.39, 0.29) is 0 Å². The Labute approximate surface area is 227 Å². The molecule has 1 aromatic carbocycles. The van der Waals surface area contributed by atoms with Gasteiger partial charge in [-0.25, -0.2) is 15.0 Å². The van der Waals surface area contributed by atoms with E-state index in [4.69, 9.17) is 15.2 Å². The number of aromatic nitrogens is 4. The molecule has 10 nitrogen and oxygen atoms in total. The second-order valence-electron chi connectivity index (χ2n) is 10.1. The van der Waals surface area contributed by atoms with Gasteiger partial charge in [-0.05, 0) is 17.2 Å². The van der Waals surface area contributed by atoms with Gasteiger partial charge in [0.25, 0.3) is 0 Å². The molecule has 0 saturated carbocycles. The number of allylic oxidation sites excluding steroid dienone is 1. The van der Waals surface area contributed by atoms with Gasteiger partial charge in [-0.2, -0.15) is 0 Å². The van der Waals surface area contributed by atoms with E-state index in [0.717, 1.165) is 78.2 Å². The van der Waals surface area contributed by atoms with Crippen LogP contribution in [0.25, 0.3) is 22.6 Å². The molecular formula is C29H32N8O2. The van der Waals surface area contributed by atoms with Crippen molar-refractivity contribution in [3.63, 3.8) is 0 Å². The fourth-order valence-corrected chi connectivity index (χ4v) is 5.12. The number of aliphatic imine (C=N–C) groups is 1. The highest BCUT2D eigenvalue weighted by Crippen LogP contribution is 2.37. The monoisotopic (exact) mass is 524 g/mol. The highest BCUT2D eigenvalue weighted by atomic mass is 16.5. The van der Waals surface area contributed by atoms with Gasteiger partial charge in [0, 0.05) is 75.0 Å². The third kappa shape index (κ3) is 5.34. The maximum absolute atomic E-state index is 6.01. The van der Waals surface area contributed by atoms with Crippen LogP contribution in [0.1, 0.15) is 11.1 Å². The van der Waals surface area contributed by atoms with Crippen molar-refractivity contribution in [2.24, 2.45) is 16.1 Å². The van der Waals surface area contributed by atoms with E-state index in [2.05, 4.69) is 42.3 Å². The number of nitrogens with zero attached hydrogens (tertiary/aromatic N) is 6. The van der Waals surface area contributed by atoms with E-state index >= 15 is 0 Å². The number of hydrogen-bond donors (Lipinski definition) is 2. The van der Waals surface area contributed by atoms with Gasteiger partial charge in [0.2, 0.25) is 0 Å². The topological polar surface area (TPSA) is 115 Å². The zero-order valence-electron chi connectivity index (χ0n) is 22.0. The van der Waals surface area contributed by atoms with Crippen LogP contribution in [-0.4, -0.2) is 77.0 Å². The van der Waals surface area contributed by atoms with Crippen LogP contribution in [0.5, 0.6) is 5.75 Å². The number of hydrogen-bond acceptors (Lipinski definition) is 9. The van der Waals surface area contributed by atoms with Crippen molar-refractivity contribution in [1.29, 1.82) is 0 Å². The van der Waals surface area contributed by atoms with Crippen LogP contribution in [-0.2, 0) is 11.3 Å². The molecule has 2 aliphatic heterocycles. The number of nitrogens with one attached hydrogen (secondary N) is 1. The molecule has 2 aliphatic rings. The average molecular weight is 525 g/mol. The van der Waals surface area contributed by atoms with Crippen molar-refractivity contribution < 1.29 is 9.47 Å². The van der Waals surface area contributed by atoms with Crippen LogP contribution >= 0.6 is 0 Å². The lowest BCUT2D eigenvalue weighted by molar-refractivity contribution is -0.189. The molecule has 3 N–H and O–H groups in total. The zero-order valence-corrected chi connectivity index (χ0v) is 22.0. The number of benzene rings is 1. The minimum absolute atomic E-state index is 0.434. The zero-order chi connectivity index (χ0) is 26.7. The van der Waals surface area contributed by atoms with Crippen molar-refractivity contribution in [1.82, 2.24) is 24.3 Å². The summed E-state index contributed by atoms with van der Waals surface area (Å²) in [6, 6.07) is 14.0. The Kier molecular flexibility index (Phi) is 6.95. The molecule has 2 saturated heterocycles. The molecule has 39 heavy (non-hydrogen) atoms. The largest absolute Gasteiger partial charge is 0.492 e. The average Bonchev–Trinajstić information content (AvgIpc) is 3.35. The predicted molar refractivity (Wildman–Crippen MR) is 152 cm³/mol. The van der Waals surface area contributed by atoms with E-state index in [0.29, 0.717) is 18.6 Å². The van der Waals surface area contributed by atoms with Crippen molar-refractivity contribution in [3.8, 4) is 17.1 Å². The molecule has 5 heterocycles. The molecule has 200 valence electrons. The Morgan fingerprint density at radius 3 is 2.74 bits per heavy atom. The Balaban J connectivity index is 1.06. The van der Waals surface area contributed by atoms with E-state index in [1.54, 1.807) is 25.8 Å². The van der Waals surface area contributed by atoms with Gasteiger partial charge in [0.15, 0.2) is 0 Å². The van der Waals surface area contributed by atoms with Crippen molar-refractivity contribution in [3.05, 3.63) is 78.5 Å². The standard InChI is InChI=1S/C29H32N8O2/c1-31-14-23(12-30)22-4-2-21(3-5-22)13-32-27-11-25(34-20-35-27)26-15-33-28-10-24(6-7-37(26)28)39-9-8-36-16-29(17-36)18-38-19-29/h2-7,10-12,14-15,20H,8-9,13,16-19,30H2,1H3,(H,32,34,35). The summed E-state index contributed by atoms with van der Waals surface area (Å²) in [5, 5.41) is 3.39. The van der Waals surface area contributed by atoms with Gasteiger partial charge in [0.1, 0.15) is 30.1 Å². The predicted octanol–water partition coefficient (Wildman–Crippen LogP) is 3.11. The highest BCUT2D eigenvalue weighted by molar-refractivity contribution is 6.09. The smallest absolute Gasteiger partial charge is 0.140 e. The van der Waals surface area contributed by atoms with Crippen molar-refractivity contribution in [2.75, 3.05) is 51.8 Å². The van der Waals surface area contributed by atoms with Gasteiger partial charge < -0.3 is 20.5 Å². The first-order chi connectivity index (χ1) is 19.1. The molecule has 0 atom stereocenters. The maximum atomic E-state index is 6.01. The summed E-state index contributed by atoms with van der Waals surface area (Å²) in [5.41, 5.74) is 11.7. The van der Waals surface area contributed by atoms with E-state index < -0.39 is 0 Å². The third-order valence-corrected chi connectivity index (χ3v) is 7.23. The molecule has 2 fully saturated rings. The Morgan fingerprint density at radius 1 is 1.15 bits per heavy atom. The van der Waals surface area contributed by atoms with Crippen molar-refractivity contribution in [2.45, 2.75) is 6.54 Å². The van der Waals surface area contributed by atoms with Gasteiger partial charge in [-0.15, -0.1) is 0 Å². The molecular weight excluding hydrogens is 492 g/mol. The maximum Gasteiger partial charge on any atom is 0.140 e. The fourth-order valence-electron chi connectivity index (χ4n) is 5.12. The van der Waals surface area contributed by atoms with Gasteiger partial charge in [0.05, 0.1) is 30.8 Å². The van der Waals surface area contributed by atoms with Gasteiger partial charge in [-0.3, -0.25) is 14.3 Å². The van der Waals surface area contributed by atoms with Crippen molar-refractivity contribution >= 4 is 23.3 Å². The number of rotatable bonds is 10. The second-order valence-corrected chi connectivity index (χ2v) is 10.1. The molecule has 6 rings (SSSR count).